The van der Waals surface area contributed by atoms with Gasteiger partial charge in [0.2, 0.25) is 0 Å². The van der Waals surface area contributed by atoms with Gasteiger partial charge in [-0.1, -0.05) is 18.2 Å². The van der Waals surface area contributed by atoms with Gasteiger partial charge in [-0.15, -0.1) is 11.3 Å². The average Bonchev–Trinajstić information content (AvgIpc) is 3.18. The fraction of sp³-hybridized carbons (Fsp3) is 0.182. The molecule has 1 atom stereocenters. The van der Waals surface area contributed by atoms with Crippen LogP contribution in [0.5, 0.6) is 5.75 Å². The van der Waals surface area contributed by atoms with Crippen LogP contribution in [-0.4, -0.2) is 33.7 Å². The van der Waals surface area contributed by atoms with Crippen molar-refractivity contribution in [3.05, 3.63) is 70.5 Å². The predicted molar refractivity (Wildman–Crippen MR) is 121 cm³/mol. The summed E-state index contributed by atoms with van der Waals surface area (Å²) in [4.78, 5) is 33.5. The fourth-order valence-electron chi connectivity index (χ4n) is 3.62. The Morgan fingerprint density at radius 2 is 2.19 bits per heavy atom. The number of thiazole rings is 1. The number of nitrogens with two attached hydrogens (primary N) is 1. The normalized spacial score (nSPS) is 15.9. The van der Waals surface area contributed by atoms with Crippen molar-refractivity contribution in [2.24, 2.45) is 0 Å². The van der Waals surface area contributed by atoms with Crippen molar-refractivity contribution in [1.29, 1.82) is 0 Å². The summed E-state index contributed by atoms with van der Waals surface area (Å²) < 4.78 is 5.67. The number of rotatable bonds is 6. The van der Waals surface area contributed by atoms with E-state index in [0.29, 0.717) is 34.1 Å². The fourth-order valence-corrected chi connectivity index (χ4v) is 4.18. The summed E-state index contributed by atoms with van der Waals surface area (Å²) in [5.74, 6) is -0.394. The molecule has 1 aliphatic rings. The third kappa shape index (κ3) is 4.57. The van der Waals surface area contributed by atoms with Gasteiger partial charge in [-0.25, -0.2) is 4.98 Å². The van der Waals surface area contributed by atoms with Crippen LogP contribution >= 0.6 is 11.3 Å². The number of para-hydroxylation sites is 1. The molecule has 0 radical (unpaired) electrons. The number of benzene rings is 1. The van der Waals surface area contributed by atoms with Crippen molar-refractivity contribution in [1.82, 2.24) is 9.97 Å². The molecule has 7 nitrogen and oxygen atoms in total. The van der Waals surface area contributed by atoms with Crippen LogP contribution in [0.3, 0.4) is 0 Å². The van der Waals surface area contributed by atoms with E-state index in [2.05, 4.69) is 9.97 Å². The molecule has 9 heteroatoms. The maximum absolute atomic E-state index is 13.3. The molecule has 4 rings (SSSR count). The predicted octanol–water partition coefficient (Wildman–Crippen LogP) is 3.31. The first-order valence-corrected chi connectivity index (χ1v) is 10.6. The van der Waals surface area contributed by atoms with Crippen LogP contribution in [0.25, 0.3) is 11.6 Å². The van der Waals surface area contributed by atoms with E-state index in [9.17, 15) is 14.6 Å². The zero-order valence-corrected chi connectivity index (χ0v) is 17.6. The van der Waals surface area contributed by atoms with E-state index >= 15 is 0 Å². The first-order valence-electron chi connectivity index (χ1n) is 9.76. The number of hydrogen-bond donors (Lipinski definition) is 2. The minimum Gasteiger partial charge on any atom is -0.535 e. The van der Waals surface area contributed by atoms with Crippen LogP contribution in [0.15, 0.2) is 48.1 Å². The number of Topliss-reactive ketones (excluding diaryl/α,β-unsaturated/α-hetero) is 2. The van der Waals surface area contributed by atoms with Gasteiger partial charge in [0, 0.05) is 35.6 Å². The molecule has 0 unspecified atom stereocenters. The van der Waals surface area contributed by atoms with E-state index in [-0.39, 0.29) is 18.0 Å². The van der Waals surface area contributed by atoms with Gasteiger partial charge in [-0.05, 0) is 42.7 Å². The molecule has 0 aliphatic carbocycles. The maximum atomic E-state index is 13.3. The van der Waals surface area contributed by atoms with Gasteiger partial charge in [0.25, 0.3) is 0 Å². The van der Waals surface area contributed by atoms with E-state index < -0.39 is 12.9 Å². The average molecular weight is 433 g/mol. The van der Waals surface area contributed by atoms with E-state index in [0.717, 1.165) is 11.1 Å². The summed E-state index contributed by atoms with van der Waals surface area (Å²) in [5, 5.41) is 12.7. The highest BCUT2D eigenvalue weighted by molar-refractivity contribution is 7.13. The Kier molecular flexibility index (Phi) is 5.97. The summed E-state index contributed by atoms with van der Waals surface area (Å²) in [6.07, 6.45) is 5.50. The smallest absolute Gasteiger partial charge is 0.526 e. The van der Waals surface area contributed by atoms with Crippen LogP contribution in [0.4, 0.5) is 5.13 Å². The minimum absolute atomic E-state index is 0.0500. The largest absolute Gasteiger partial charge is 0.535 e. The molecular formula is C22H20BN3O4S. The second-order valence-corrected chi connectivity index (χ2v) is 8.25. The van der Waals surface area contributed by atoms with Crippen molar-refractivity contribution in [3.63, 3.8) is 0 Å². The number of pyridine rings is 1. The number of carbonyl (C=O) groups is 2. The van der Waals surface area contributed by atoms with Crippen molar-refractivity contribution >= 4 is 46.8 Å². The van der Waals surface area contributed by atoms with Crippen LogP contribution in [-0.2, 0) is 11.2 Å². The summed E-state index contributed by atoms with van der Waals surface area (Å²) >= 11 is 1.25. The third-order valence-electron chi connectivity index (χ3n) is 5.14. The van der Waals surface area contributed by atoms with E-state index in [1.54, 1.807) is 42.0 Å². The molecule has 2 aromatic heterocycles. The standard InChI is InChI=1S/C22H20BN3O4S/c1-13(27)17-6-2-5-15-9-16(23(29)30-21(15)17)10-20(28)18(19-12-31-22(24)26-19)8-14-4-3-7-25-11-14/h2-8,11-12,16,29H,9-10H2,1H3,(H2,24,26)/b18-8-/t16-/m1/s1. The van der Waals surface area contributed by atoms with Crippen LogP contribution in [0, 0.1) is 0 Å². The Balaban J connectivity index is 1.61. The minimum atomic E-state index is -1.20. The third-order valence-corrected chi connectivity index (χ3v) is 5.82. The first kappa shape index (κ1) is 21.0. The summed E-state index contributed by atoms with van der Waals surface area (Å²) in [5.41, 5.74) is 8.65. The molecule has 31 heavy (non-hydrogen) atoms. The SMILES string of the molecule is CC(=O)c1cccc2c1OB(O)[C@@H](CC(=O)/C(=C\c1cccnc1)c1csc(N)n1)C2. The Hall–Kier alpha value is -3.30. The van der Waals surface area contributed by atoms with E-state index in [1.165, 1.54) is 18.3 Å². The highest BCUT2D eigenvalue weighted by Gasteiger charge is 2.38. The number of carbonyl (C=O) groups excluding carboxylic acids is 2. The molecule has 0 fully saturated rings. The lowest BCUT2D eigenvalue weighted by Gasteiger charge is -2.28. The van der Waals surface area contributed by atoms with Crippen molar-refractivity contribution < 1.29 is 19.3 Å². The van der Waals surface area contributed by atoms with Gasteiger partial charge in [0.05, 0.1) is 11.3 Å². The lowest BCUT2D eigenvalue weighted by Crippen LogP contribution is -2.35. The number of nitrogens with zero attached hydrogens (tertiary/aromatic N) is 2. The van der Waals surface area contributed by atoms with Gasteiger partial charge < -0.3 is 15.4 Å². The molecule has 0 saturated carbocycles. The highest BCUT2D eigenvalue weighted by atomic mass is 32.1. The van der Waals surface area contributed by atoms with Crippen LogP contribution in [0.2, 0.25) is 5.82 Å². The van der Waals surface area contributed by atoms with Gasteiger partial charge in [-0.3, -0.25) is 14.6 Å². The molecule has 3 N–H and O–H groups in total. The lowest BCUT2D eigenvalue weighted by molar-refractivity contribution is -0.113. The molecular weight excluding hydrogens is 413 g/mol. The van der Waals surface area contributed by atoms with Crippen LogP contribution < -0.4 is 10.4 Å². The number of nitrogen functional groups attached to an aromatic ring is 1. The number of fused-ring (bicyclic) bond motifs is 1. The number of allylic oxidation sites excluding steroid dienone is 1. The van der Waals surface area contributed by atoms with Crippen LogP contribution in [0.1, 0.15) is 40.5 Å². The lowest BCUT2D eigenvalue weighted by atomic mass is 9.64. The molecule has 3 heterocycles. The Morgan fingerprint density at radius 1 is 1.35 bits per heavy atom. The van der Waals surface area contributed by atoms with Gasteiger partial charge >= 0.3 is 7.12 Å². The molecule has 1 aromatic carbocycles. The summed E-state index contributed by atoms with van der Waals surface area (Å²) in [7, 11) is -1.20. The van der Waals surface area contributed by atoms with Gasteiger partial charge in [-0.2, -0.15) is 0 Å². The Morgan fingerprint density at radius 3 is 2.87 bits per heavy atom. The topological polar surface area (TPSA) is 115 Å². The number of ketones is 2. The number of anilines is 1. The molecule has 3 aromatic rings. The summed E-state index contributed by atoms with van der Waals surface area (Å²) in [6, 6.07) is 8.92. The monoisotopic (exact) mass is 433 g/mol. The zero-order valence-electron chi connectivity index (χ0n) is 16.8. The van der Waals surface area contributed by atoms with E-state index in [4.69, 9.17) is 10.4 Å². The number of aromatic nitrogens is 2. The van der Waals surface area contributed by atoms with Gasteiger partial charge in [0.15, 0.2) is 16.7 Å². The van der Waals surface area contributed by atoms with Crippen molar-refractivity contribution in [3.8, 4) is 5.75 Å². The number of hydrogen-bond acceptors (Lipinski definition) is 8. The van der Waals surface area contributed by atoms with Crippen molar-refractivity contribution in [2.45, 2.75) is 25.6 Å². The highest BCUT2D eigenvalue weighted by Crippen LogP contribution is 2.37. The molecule has 0 spiro atoms. The molecule has 0 bridgehead atoms. The second-order valence-electron chi connectivity index (χ2n) is 7.37. The molecule has 156 valence electrons. The quantitative estimate of drug-likeness (QED) is 0.348. The van der Waals surface area contributed by atoms with E-state index in [1.807, 2.05) is 12.1 Å². The second kappa shape index (κ2) is 8.83. The first-order chi connectivity index (χ1) is 14.9. The maximum Gasteiger partial charge on any atom is 0.526 e. The summed E-state index contributed by atoms with van der Waals surface area (Å²) in [6.45, 7) is 1.45. The Bertz CT molecular complexity index is 1160. The van der Waals surface area contributed by atoms with Gasteiger partial charge in [0.1, 0.15) is 5.75 Å². The Labute approximate surface area is 183 Å². The molecule has 0 amide bonds. The molecule has 1 aliphatic heterocycles. The van der Waals surface area contributed by atoms with Crippen molar-refractivity contribution in [2.75, 3.05) is 5.73 Å². The molecule has 0 saturated heterocycles. The zero-order chi connectivity index (χ0) is 22.0.